The lowest BCUT2D eigenvalue weighted by Gasteiger charge is -2.31. The van der Waals surface area contributed by atoms with E-state index in [9.17, 15) is 18.4 Å². The van der Waals surface area contributed by atoms with E-state index in [1.165, 1.54) is 0 Å². The Morgan fingerprint density at radius 3 is 2.62 bits per heavy atom. The molecule has 12 heteroatoms. The zero-order valence-electron chi connectivity index (χ0n) is 24.5. The van der Waals surface area contributed by atoms with Crippen molar-refractivity contribution in [3.05, 3.63) is 44.4 Å². The molecule has 0 spiro atoms. The number of unbranched alkanes of at least 4 members (excludes halogenated alkanes) is 4. The Morgan fingerprint density at radius 2 is 1.95 bits per heavy atom. The maximum Gasteiger partial charge on any atom is 0.438 e. The smallest absolute Gasteiger partial charge is 0.338 e. The molecule has 1 N–H and O–H groups in total. The molecule has 3 aromatic heterocycles. The number of nitrogens with zero attached hydrogens (tertiary/aromatic N) is 4. The predicted molar refractivity (Wildman–Crippen MR) is 167 cm³/mol. The number of rotatable bonds is 13. The molecule has 1 aliphatic rings. The van der Waals surface area contributed by atoms with Gasteiger partial charge >= 0.3 is 5.76 Å². The van der Waals surface area contributed by atoms with Crippen LogP contribution in [0, 0.1) is 17.8 Å². The molecular formula is C30H40BrF2N5O3S. The van der Waals surface area contributed by atoms with Crippen molar-refractivity contribution < 1.29 is 18.1 Å². The summed E-state index contributed by atoms with van der Waals surface area (Å²) in [4.78, 5) is 34.1. The number of hydrogen-bond donors (Lipinski definition) is 2. The van der Waals surface area contributed by atoms with Crippen molar-refractivity contribution in [1.82, 2.24) is 24.6 Å². The second kappa shape index (κ2) is 16.3. The number of carbonyl (C=O) groups excluding carboxylic acids is 1. The molecule has 0 bridgehead atoms. The van der Waals surface area contributed by atoms with Crippen molar-refractivity contribution in [2.24, 2.45) is 13.0 Å². The summed E-state index contributed by atoms with van der Waals surface area (Å²) in [6, 6.07) is 1.94. The van der Waals surface area contributed by atoms with Gasteiger partial charge in [-0.1, -0.05) is 37.8 Å². The van der Waals surface area contributed by atoms with Gasteiger partial charge in [-0.3, -0.25) is 14.3 Å². The van der Waals surface area contributed by atoms with Crippen LogP contribution in [-0.4, -0.2) is 55.3 Å². The molecule has 0 aromatic carbocycles. The maximum absolute atomic E-state index is 14.0. The van der Waals surface area contributed by atoms with Crippen molar-refractivity contribution in [2.45, 2.75) is 84.0 Å². The van der Waals surface area contributed by atoms with Crippen molar-refractivity contribution in [3.63, 3.8) is 0 Å². The van der Waals surface area contributed by atoms with Crippen LogP contribution in [0.15, 0.2) is 26.1 Å². The molecule has 0 saturated heterocycles. The number of carbonyl (C=O) groups is 1. The number of fused-ring (bicyclic) bond motifs is 1. The molecule has 1 aliphatic carbocycles. The quantitative estimate of drug-likeness (QED) is 0.122. The van der Waals surface area contributed by atoms with E-state index in [2.05, 4.69) is 60.0 Å². The van der Waals surface area contributed by atoms with Gasteiger partial charge in [-0.15, -0.1) is 5.92 Å². The third kappa shape index (κ3) is 9.17. The van der Waals surface area contributed by atoms with Crippen molar-refractivity contribution >= 4 is 45.5 Å². The normalized spacial score (nSPS) is 14.1. The number of aryl methyl sites for hydroxylation is 2. The van der Waals surface area contributed by atoms with E-state index in [-0.39, 0.29) is 24.7 Å². The molecule has 1 amide bonds. The molecule has 1 fully saturated rings. The molecule has 8 nitrogen and oxygen atoms in total. The van der Waals surface area contributed by atoms with Gasteiger partial charge in [-0.05, 0) is 47.7 Å². The largest absolute Gasteiger partial charge is 0.438 e. The average Bonchev–Trinajstić information content (AvgIpc) is 3.48. The Bertz CT molecular complexity index is 1430. The van der Waals surface area contributed by atoms with Crippen LogP contribution in [0.3, 0.4) is 0 Å². The number of thiol groups is 1. The van der Waals surface area contributed by atoms with Crippen molar-refractivity contribution in [1.29, 1.82) is 0 Å². The van der Waals surface area contributed by atoms with Gasteiger partial charge in [0.1, 0.15) is 5.65 Å². The highest BCUT2D eigenvalue weighted by molar-refractivity contribution is 9.10. The molecule has 0 aliphatic heterocycles. The summed E-state index contributed by atoms with van der Waals surface area (Å²) in [6.07, 6.45) is 7.85. The lowest BCUT2D eigenvalue weighted by atomic mass is 9.82. The summed E-state index contributed by atoms with van der Waals surface area (Å²) < 4.78 is 33.2. The Hall–Kier alpha value is -2.65. The topological polar surface area (TPSA) is 97.0 Å². The number of aromatic nitrogens is 4. The van der Waals surface area contributed by atoms with Gasteiger partial charge < -0.3 is 9.47 Å². The van der Waals surface area contributed by atoms with Gasteiger partial charge in [0.25, 0.3) is 11.8 Å². The first-order chi connectivity index (χ1) is 20.2. The second-order valence-electron chi connectivity index (χ2n) is 10.3. The molecule has 0 unspecified atom stereocenters. The number of alkyl halides is 2. The molecule has 42 heavy (non-hydrogen) atoms. The summed E-state index contributed by atoms with van der Waals surface area (Å²) in [6.45, 7) is 4.96. The van der Waals surface area contributed by atoms with Gasteiger partial charge in [-0.25, -0.2) is 18.6 Å². The lowest BCUT2D eigenvalue weighted by Crippen LogP contribution is -2.34. The fraction of sp³-hybridized carbons (Fsp3) is 0.600. The van der Waals surface area contributed by atoms with E-state index in [0.29, 0.717) is 43.1 Å². The first-order valence-electron chi connectivity index (χ1n) is 14.6. The number of pyridine rings is 1. The third-order valence-corrected chi connectivity index (χ3v) is 7.81. The summed E-state index contributed by atoms with van der Waals surface area (Å²) >= 11 is 7.88. The summed E-state index contributed by atoms with van der Waals surface area (Å²) in [5, 5.41) is 4.51. The number of aromatic amines is 1. The fourth-order valence-corrected chi connectivity index (χ4v) is 5.68. The summed E-state index contributed by atoms with van der Waals surface area (Å²) in [5.74, 6) is 3.67. The van der Waals surface area contributed by atoms with E-state index < -0.39 is 11.7 Å². The molecule has 4 rings (SSSR count). The highest BCUT2D eigenvalue weighted by Gasteiger charge is 2.44. The first-order valence-corrected chi connectivity index (χ1v) is 16.0. The number of halogens is 3. The predicted octanol–water partition coefficient (Wildman–Crippen LogP) is 6.58. The van der Waals surface area contributed by atoms with Gasteiger partial charge in [0.15, 0.2) is 5.82 Å². The van der Waals surface area contributed by atoms with Crippen LogP contribution in [-0.2, 0) is 19.9 Å². The van der Waals surface area contributed by atoms with Crippen LogP contribution in [0.1, 0.15) is 87.1 Å². The Balaban J connectivity index is 0.00000237. The van der Waals surface area contributed by atoms with Crippen molar-refractivity contribution in [3.8, 4) is 11.8 Å². The monoisotopic (exact) mass is 667 g/mol. The van der Waals surface area contributed by atoms with Gasteiger partial charge in [0.2, 0.25) is 0 Å². The van der Waals surface area contributed by atoms with E-state index in [4.69, 9.17) is 0 Å². The molecular weight excluding hydrogens is 628 g/mol. The second-order valence-corrected chi connectivity index (χ2v) is 11.6. The lowest BCUT2D eigenvalue weighted by molar-refractivity contribution is -0.0936. The van der Waals surface area contributed by atoms with Crippen LogP contribution in [0.5, 0.6) is 0 Å². The van der Waals surface area contributed by atoms with Gasteiger partial charge in [0.05, 0.1) is 5.56 Å². The number of nitrogens with one attached hydrogen (secondary N) is 1. The van der Waals surface area contributed by atoms with E-state index in [1.54, 1.807) is 11.1 Å². The standard InChI is InChI=1S/C28H34BrF2N5O3S.C2H6/c1-35-22(10-7-5-3-2-4-6-9-19-16-28(30,31)17-19)24(21-15-20(29)18-32-25(21)35)26(37)36(13-14-40)12-8-11-23-33-27(38)39-34-23;1-2/h15,18-19,40H,2-5,7-8,10-14,16-17H2,1H3,(H,33,34,38);1-2H3. The van der Waals surface area contributed by atoms with Crippen LogP contribution >= 0.6 is 28.6 Å². The zero-order chi connectivity index (χ0) is 30.7. The van der Waals surface area contributed by atoms with E-state index in [0.717, 1.165) is 59.7 Å². The maximum atomic E-state index is 14.0. The number of hydrogen-bond acceptors (Lipinski definition) is 6. The number of H-pyrrole nitrogens is 1. The Labute approximate surface area is 259 Å². The SMILES string of the molecule is CC.Cn1c(CCCCCCC#CC2CC(F)(F)C2)c(C(=O)N(CCS)CCCc2noc(=O)[nH]2)c2cc(Br)cnc21. The van der Waals surface area contributed by atoms with Crippen LogP contribution in [0.25, 0.3) is 11.0 Å². The van der Waals surface area contributed by atoms with Crippen LogP contribution < -0.4 is 5.76 Å². The molecule has 0 atom stereocenters. The average molecular weight is 669 g/mol. The Kier molecular flexibility index (Phi) is 13.1. The summed E-state index contributed by atoms with van der Waals surface area (Å²) in [7, 11) is 1.94. The van der Waals surface area contributed by atoms with E-state index >= 15 is 0 Å². The molecule has 1 saturated carbocycles. The van der Waals surface area contributed by atoms with Gasteiger partial charge in [-0.2, -0.15) is 12.6 Å². The van der Waals surface area contributed by atoms with Crippen LogP contribution in [0.2, 0.25) is 0 Å². The summed E-state index contributed by atoms with van der Waals surface area (Å²) in [5.41, 5.74) is 2.36. The third-order valence-electron chi connectivity index (χ3n) is 7.17. The zero-order valence-corrected chi connectivity index (χ0v) is 27.0. The minimum absolute atomic E-state index is 0.0694. The highest BCUT2D eigenvalue weighted by atomic mass is 79.9. The fourth-order valence-electron chi connectivity index (χ4n) is 5.10. The molecule has 230 valence electrons. The molecule has 0 radical (unpaired) electrons. The van der Waals surface area contributed by atoms with Gasteiger partial charge in [0, 0.05) is 79.2 Å². The number of amides is 1. The first kappa shape index (κ1) is 33.8. The Morgan fingerprint density at radius 1 is 1.21 bits per heavy atom. The van der Waals surface area contributed by atoms with Crippen LogP contribution in [0.4, 0.5) is 8.78 Å². The minimum Gasteiger partial charge on any atom is -0.338 e. The minimum atomic E-state index is -2.52. The highest BCUT2D eigenvalue weighted by Crippen LogP contribution is 2.41. The van der Waals surface area contributed by atoms with Crippen molar-refractivity contribution in [2.75, 3.05) is 18.8 Å². The van der Waals surface area contributed by atoms with E-state index in [1.807, 2.05) is 31.5 Å². The molecule has 3 heterocycles. The molecule has 3 aromatic rings.